The number of thiophene rings is 1. The minimum atomic E-state index is 1.12. The van der Waals surface area contributed by atoms with Crippen LogP contribution >= 0.6 is 11.3 Å². The fourth-order valence-corrected chi connectivity index (χ4v) is 8.82. The van der Waals surface area contributed by atoms with Gasteiger partial charge in [-0.1, -0.05) is 146 Å². The average molecular weight is 654 g/mol. The molecule has 0 saturated carbocycles. The Bertz CT molecular complexity index is 2870. The van der Waals surface area contributed by atoms with Crippen molar-refractivity contribution in [1.29, 1.82) is 0 Å². The van der Waals surface area contributed by atoms with Gasteiger partial charge in [0.05, 0.1) is 11.4 Å². The molecule has 10 rings (SSSR count). The summed E-state index contributed by atoms with van der Waals surface area (Å²) in [6.45, 7) is 0. The van der Waals surface area contributed by atoms with Crippen LogP contribution in [0.1, 0.15) is 0 Å². The van der Waals surface area contributed by atoms with Gasteiger partial charge in [-0.05, 0) is 86.1 Å². The van der Waals surface area contributed by atoms with Crippen molar-refractivity contribution < 1.29 is 0 Å². The summed E-state index contributed by atoms with van der Waals surface area (Å²) < 4.78 is 2.68. The highest BCUT2D eigenvalue weighted by molar-refractivity contribution is 7.26. The van der Waals surface area contributed by atoms with E-state index in [0.717, 1.165) is 17.1 Å². The second kappa shape index (κ2) is 11.7. The lowest BCUT2D eigenvalue weighted by Gasteiger charge is -2.29. The quantitative estimate of drug-likeness (QED) is 0.167. The molecule has 9 aromatic carbocycles. The molecule has 1 nitrogen and oxygen atoms in total. The van der Waals surface area contributed by atoms with Gasteiger partial charge in [-0.15, -0.1) is 11.3 Å². The van der Waals surface area contributed by atoms with E-state index in [-0.39, 0.29) is 0 Å². The van der Waals surface area contributed by atoms with E-state index in [1.165, 1.54) is 74.7 Å². The molecule has 50 heavy (non-hydrogen) atoms. The van der Waals surface area contributed by atoms with Gasteiger partial charge in [0.2, 0.25) is 0 Å². The first-order valence-corrected chi connectivity index (χ1v) is 17.9. The van der Waals surface area contributed by atoms with Crippen LogP contribution in [0.2, 0.25) is 0 Å². The molecule has 0 spiro atoms. The van der Waals surface area contributed by atoms with Crippen molar-refractivity contribution in [2.75, 3.05) is 4.90 Å². The largest absolute Gasteiger partial charge is 0.309 e. The van der Waals surface area contributed by atoms with Crippen molar-refractivity contribution in [1.82, 2.24) is 0 Å². The third-order valence-electron chi connectivity index (χ3n) is 10.0. The summed E-state index contributed by atoms with van der Waals surface area (Å²) in [7, 11) is 0. The van der Waals surface area contributed by atoms with Gasteiger partial charge in [0.15, 0.2) is 0 Å². The highest BCUT2D eigenvalue weighted by Gasteiger charge is 2.20. The number of para-hydroxylation sites is 1. The third kappa shape index (κ3) is 4.69. The highest BCUT2D eigenvalue weighted by atomic mass is 32.1. The number of nitrogens with zero attached hydrogens (tertiary/aromatic N) is 1. The van der Waals surface area contributed by atoms with Crippen LogP contribution in [-0.4, -0.2) is 0 Å². The number of benzene rings is 9. The second-order valence-electron chi connectivity index (χ2n) is 12.9. The van der Waals surface area contributed by atoms with Gasteiger partial charge in [-0.2, -0.15) is 0 Å². The molecule has 0 fully saturated rings. The molecule has 0 N–H and O–H groups in total. The van der Waals surface area contributed by atoms with Crippen LogP contribution in [0.5, 0.6) is 0 Å². The number of fused-ring (bicyclic) bond motifs is 8. The van der Waals surface area contributed by atoms with E-state index in [0.29, 0.717) is 0 Å². The average Bonchev–Trinajstić information content (AvgIpc) is 3.58. The molecule has 0 aliphatic carbocycles. The Hall–Kier alpha value is -6.22. The summed E-state index contributed by atoms with van der Waals surface area (Å²) in [5.74, 6) is 0. The van der Waals surface area contributed by atoms with Crippen LogP contribution in [0.25, 0.3) is 74.7 Å². The molecule has 0 amide bonds. The molecule has 0 unspecified atom stereocenters. The molecule has 1 heterocycles. The van der Waals surface area contributed by atoms with Crippen LogP contribution in [0.15, 0.2) is 188 Å². The minimum absolute atomic E-state index is 1.12. The third-order valence-corrected chi connectivity index (χ3v) is 11.2. The van der Waals surface area contributed by atoms with Crippen LogP contribution in [0.4, 0.5) is 17.1 Å². The molecule has 1 aromatic heterocycles. The van der Waals surface area contributed by atoms with Crippen molar-refractivity contribution in [2.45, 2.75) is 0 Å². The molecule has 2 heteroatoms. The molecular weight excluding hydrogens is 623 g/mol. The Morgan fingerprint density at radius 3 is 1.86 bits per heavy atom. The molecular formula is C48H31NS. The Labute approximate surface area is 294 Å². The Balaban J connectivity index is 1.14. The molecule has 0 saturated heterocycles. The van der Waals surface area contributed by atoms with Crippen LogP contribution in [0.3, 0.4) is 0 Å². The SMILES string of the molecule is c1ccc(-c2ccccc2N(c2ccc(-c3ccc4c(ccc5sc6ccccc6c54)c3)cc2)c2cc3ccccc3c3ccccc23)cc1. The predicted octanol–water partition coefficient (Wildman–Crippen LogP) is 14.3. The number of anilines is 3. The van der Waals surface area contributed by atoms with Crippen molar-refractivity contribution in [2.24, 2.45) is 0 Å². The van der Waals surface area contributed by atoms with Gasteiger partial charge in [-0.25, -0.2) is 0 Å². The van der Waals surface area contributed by atoms with Crippen molar-refractivity contribution >= 4 is 80.9 Å². The van der Waals surface area contributed by atoms with E-state index in [1.807, 2.05) is 11.3 Å². The lowest BCUT2D eigenvalue weighted by molar-refractivity contribution is 1.30. The minimum Gasteiger partial charge on any atom is -0.309 e. The summed E-state index contributed by atoms with van der Waals surface area (Å²) in [5, 5.41) is 10.2. The Kier molecular flexibility index (Phi) is 6.75. The normalized spacial score (nSPS) is 11.6. The number of hydrogen-bond acceptors (Lipinski definition) is 2. The van der Waals surface area contributed by atoms with Crippen LogP contribution < -0.4 is 4.90 Å². The fraction of sp³-hybridized carbons (Fsp3) is 0. The maximum absolute atomic E-state index is 2.44. The van der Waals surface area contributed by atoms with Gasteiger partial charge < -0.3 is 4.90 Å². The molecule has 234 valence electrons. The summed E-state index contributed by atoms with van der Waals surface area (Å²) in [6, 6.07) is 68.7. The summed E-state index contributed by atoms with van der Waals surface area (Å²) in [6.07, 6.45) is 0. The second-order valence-corrected chi connectivity index (χ2v) is 14.0. The first-order valence-electron chi connectivity index (χ1n) is 17.1. The first kappa shape index (κ1) is 28.8. The Morgan fingerprint density at radius 1 is 0.340 bits per heavy atom. The van der Waals surface area contributed by atoms with E-state index < -0.39 is 0 Å². The number of rotatable bonds is 5. The molecule has 0 aliphatic heterocycles. The zero-order chi connectivity index (χ0) is 33.0. The van der Waals surface area contributed by atoms with E-state index in [1.54, 1.807) is 0 Å². The van der Waals surface area contributed by atoms with Crippen molar-refractivity contribution in [3.63, 3.8) is 0 Å². The van der Waals surface area contributed by atoms with Gasteiger partial charge in [0.25, 0.3) is 0 Å². The van der Waals surface area contributed by atoms with E-state index in [9.17, 15) is 0 Å². The van der Waals surface area contributed by atoms with Crippen molar-refractivity contribution in [3.05, 3.63) is 188 Å². The van der Waals surface area contributed by atoms with Gasteiger partial charge in [0.1, 0.15) is 0 Å². The molecule has 0 bridgehead atoms. The van der Waals surface area contributed by atoms with Crippen molar-refractivity contribution in [3.8, 4) is 22.3 Å². The molecule has 0 aliphatic rings. The lowest BCUT2D eigenvalue weighted by atomic mass is 9.96. The van der Waals surface area contributed by atoms with Gasteiger partial charge in [0, 0.05) is 36.8 Å². The highest BCUT2D eigenvalue weighted by Crippen LogP contribution is 2.46. The molecule has 0 radical (unpaired) electrons. The summed E-state index contributed by atoms with van der Waals surface area (Å²) >= 11 is 1.87. The molecule has 0 atom stereocenters. The zero-order valence-electron chi connectivity index (χ0n) is 27.3. The lowest BCUT2D eigenvalue weighted by Crippen LogP contribution is -2.12. The van der Waals surface area contributed by atoms with E-state index in [4.69, 9.17) is 0 Å². The van der Waals surface area contributed by atoms with E-state index in [2.05, 4.69) is 193 Å². The fourth-order valence-electron chi connectivity index (χ4n) is 7.69. The van der Waals surface area contributed by atoms with Crippen LogP contribution in [-0.2, 0) is 0 Å². The monoisotopic (exact) mass is 653 g/mol. The topological polar surface area (TPSA) is 3.24 Å². The first-order chi connectivity index (χ1) is 24.8. The zero-order valence-corrected chi connectivity index (χ0v) is 28.1. The standard InChI is InChI=1S/C48H31NS/c1-2-12-33(13-3-1)39-16-8-10-20-44(39)49(45-31-35-14-4-5-15-38(35)41-17-6-7-18-42(41)45)37-26-22-32(23-27-37)34-24-28-40-36(30-34)25-29-47-48(40)43-19-9-11-21-46(43)50-47/h1-31H. The van der Waals surface area contributed by atoms with Crippen LogP contribution in [0, 0.1) is 0 Å². The Morgan fingerprint density at radius 2 is 1.00 bits per heavy atom. The van der Waals surface area contributed by atoms with Gasteiger partial charge in [-0.3, -0.25) is 0 Å². The predicted molar refractivity (Wildman–Crippen MR) is 217 cm³/mol. The van der Waals surface area contributed by atoms with E-state index >= 15 is 0 Å². The summed E-state index contributed by atoms with van der Waals surface area (Å²) in [5.41, 5.74) is 8.22. The maximum atomic E-state index is 2.44. The maximum Gasteiger partial charge on any atom is 0.0546 e. The van der Waals surface area contributed by atoms with Gasteiger partial charge >= 0.3 is 0 Å². The smallest absolute Gasteiger partial charge is 0.0546 e. The molecule has 10 aromatic rings. The summed E-state index contributed by atoms with van der Waals surface area (Å²) in [4.78, 5) is 2.44. The number of hydrogen-bond donors (Lipinski definition) is 0.